The van der Waals surface area contributed by atoms with Gasteiger partial charge in [-0.3, -0.25) is 14.7 Å². The molecule has 1 aromatic carbocycles. The topological polar surface area (TPSA) is 45.8 Å². The first-order valence-electron chi connectivity index (χ1n) is 12.3. The first kappa shape index (κ1) is 22.9. The van der Waals surface area contributed by atoms with Crippen molar-refractivity contribution in [2.45, 2.75) is 93.2 Å². The number of amides is 1. The molecule has 1 aromatic heterocycles. The van der Waals surface area contributed by atoms with Gasteiger partial charge in [-0.25, -0.2) is 0 Å². The number of aliphatic imine (C=N–C) groups is 1. The maximum Gasteiger partial charge on any atom is 0.267 e. The Morgan fingerprint density at radius 3 is 2.39 bits per heavy atom. The zero-order valence-corrected chi connectivity index (χ0v) is 20.9. The summed E-state index contributed by atoms with van der Waals surface area (Å²) in [7, 11) is 0. The van der Waals surface area contributed by atoms with Gasteiger partial charge in [-0.15, -0.1) is 0 Å². The van der Waals surface area contributed by atoms with E-state index in [9.17, 15) is 4.79 Å². The highest BCUT2D eigenvalue weighted by Crippen LogP contribution is 2.39. The average Bonchev–Trinajstić information content (AvgIpc) is 3.40. The Balaban J connectivity index is 1.36. The highest BCUT2D eigenvalue weighted by molar-refractivity contribution is 8.18. The molecule has 0 spiro atoms. The molecule has 0 radical (unpaired) electrons. The van der Waals surface area contributed by atoms with E-state index in [-0.39, 0.29) is 11.9 Å². The molecular weight excluding hydrogens is 448 g/mol. The largest absolute Gasteiger partial charge is 0.450 e. The molecule has 6 heteroatoms. The first-order chi connectivity index (χ1) is 16.2. The number of nitrogens with zero attached hydrogens (tertiary/aromatic N) is 2. The van der Waals surface area contributed by atoms with Gasteiger partial charge in [0, 0.05) is 17.0 Å². The summed E-state index contributed by atoms with van der Waals surface area (Å²) in [4.78, 5) is 22.5. The smallest absolute Gasteiger partial charge is 0.267 e. The summed E-state index contributed by atoms with van der Waals surface area (Å²) in [5, 5.41) is 1.76. The quantitative estimate of drug-likeness (QED) is 0.412. The van der Waals surface area contributed by atoms with Crippen molar-refractivity contribution in [2.24, 2.45) is 4.99 Å². The van der Waals surface area contributed by atoms with Gasteiger partial charge >= 0.3 is 0 Å². The first-order valence-corrected chi connectivity index (χ1v) is 13.9. The van der Waals surface area contributed by atoms with Gasteiger partial charge < -0.3 is 4.42 Å². The number of thioether (sulfide) groups is 1. The molecule has 1 aliphatic heterocycles. The summed E-state index contributed by atoms with van der Waals surface area (Å²) >= 11 is 3.15. The van der Waals surface area contributed by atoms with Crippen LogP contribution < -0.4 is 0 Å². The summed E-state index contributed by atoms with van der Waals surface area (Å²) in [5.74, 6) is 0.827. The van der Waals surface area contributed by atoms with Gasteiger partial charge in [0.1, 0.15) is 5.76 Å². The zero-order chi connectivity index (χ0) is 22.6. The molecule has 3 aliphatic rings. The van der Waals surface area contributed by atoms with Crippen molar-refractivity contribution in [3.05, 3.63) is 52.6 Å². The number of carbonyl (C=O) groups is 1. The van der Waals surface area contributed by atoms with E-state index >= 15 is 0 Å². The lowest BCUT2D eigenvalue weighted by Crippen LogP contribution is -2.41. The average molecular weight is 481 g/mol. The van der Waals surface area contributed by atoms with Crippen LogP contribution in [0.3, 0.4) is 0 Å². The lowest BCUT2D eigenvalue weighted by Gasteiger charge is -2.31. The number of hydrogen-bond donors (Lipinski definition) is 0. The zero-order valence-electron chi connectivity index (χ0n) is 19.3. The maximum absolute atomic E-state index is 13.5. The molecule has 2 heterocycles. The summed E-state index contributed by atoms with van der Waals surface area (Å²) in [6.45, 7) is 2.09. The van der Waals surface area contributed by atoms with E-state index in [2.05, 4.69) is 31.2 Å². The molecule has 0 bridgehead atoms. The molecule has 174 valence electrons. The second kappa shape index (κ2) is 10.6. The Bertz CT molecular complexity index is 1030. The second-order valence-electron chi connectivity index (χ2n) is 9.35. The minimum atomic E-state index is 0.102. The SMILES string of the molecule is Cc1ccc(Sc2ccc(/C=C3\SC(=NC4CCCCC4)N(C4CCCCC4)C3=O)o2)cc1. The summed E-state index contributed by atoms with van der Waals surface area (Å²) < 4.78 is 6.06. The number of hydrogen-bond acceptors (Lipinski definition) is 5. The van der Waals surface area contributed by atoms with Gasteiger partial charge in [-0.1, -0.05) is 68.0 Å². The van der Waals surface area contributed by atoms with Crippen LogP contribution in [0.1, 0.15) is 75.5 Å². The van der Waals surface area contributed by atoms with Crippen molar-refractivity contribution < 1.29 is 9.21 Å². The number of aryl methyl sites for hydroxylation is 1. The van der Waals surface area contributed by atoms with Gasteiger partial charge in [0.05, 0.1) is 10.9 Å². The van der Waals surface area contributed by atoms with Crippen LogP contribution >= 0.6 is 23.5 Å². The van der Waals surface area contributed by atoms with E-state index in [1.54, 1.807) is 23.5 Å². The lowest BCUT2D eigenvalue weighted by atomic mass is 9.94. The third kappa shape index (κ3) is 5.60. The third-order valence-electron chi connectivity index (χ3n) is 6.76. The molecule has 4 nitrogen and oxygen atoms in total. The molecule has 1 amide bonds. The molecule has 2 aromatic rings. The number of amidine groups is 1. The van der Waals surface area contributed by atoms with Gasteiger partial charge in [0.25, 0.3) is 5.91 Å². The van der Waals surface area contributed by atoms with E-state index in [0.29, 0.717) is 6.04 Å². The van der Waals surface area contributed by atoms with Crippen LogP contribution in [0.15, 0.2) is 60.7 Å². The minimum absolute atomic E-state index is 0.102. The molecule has 0 unspecified atom stereocenters. The highest BCUT2D eigenvalue weighted by atomic mass is 32.2. The molecule has 5 rings (SSSR count). The molecule has 0 N–H and O–H groups in total. The van der Waals surface area contributed by atoms with Crippen molar-refractivity contribution >= 4 is 40.7 Å². The van der Waals surface area contributed by atoms with E-state index in [1.807, 2.05) is 23.1 Å². The highest BCUT2D eigenvalue weighted by Gasteiger charge is 2.39. The molecule has 0 atom stereocenters. The van der Waals surface area contributed by atoms with Crippen LogP contribution in [0.2, 0.25) is 0 Å². The van der Waals surface area contributed by atoms with E-state index < -0.39 is 0 Å². The van der Waals surface area contributed by atoms with Crippen LogP contribution in [-0.2, 0) is 4.79 Å². The fourth-order valence-corrected chi connectivity index (χ4v) is 6.79. The van der Waals surface area contributed by atoms with Crippen LogP contribution in [0, 0.1) is 6.92 Å². The van der Waals surface area contributed by atoms with Crippen molar-refractivity contribution in [2.75, 3.05) is 0 Å². The predicted molar refractivity (Wildman–Crippen MR) is 138 cm³/mol. The maximum atomic E-state index is 13.5. The standard InChI is InChI=1S/C27H32N2O2S2/c1-19-12-15-23(16-13-19)32-25-17-14-22(31-25)18-24-26(30)29(21-10-6-3-7-11-21)27(33-24)28-20-8-4-2-5-9-20/h12-18,20-21H,2-11H2,1H3/b24-18-,28-27?. The van der Waals surface area contributed by atoms with E-state index in [4.69, 9.17) is 9.41 Å². The van der Waals surface area contributed by atoms with Gasteiger partial charge in [0.2, 0.25) is 0 Å². The van der Waals surface area contributed by atoms with Gasteiger partial charge in [-0.05, 0) is 68.6 Å². The van der Waals surface area contributed by atoms with E-state index in [0.717, 1.165) is 51.5 Å². The van der Waals surface area contributed by atoms with Crippen molar-refractivity contribution in [1.29, 1.82) is 0 Å². The molecule has 33 heavy (non-hydrogen) atoms. The molecule has 2 aliphatic carbocycles. The van der Waals surface area contributed by atoms with Crippen molar-refractivity contribution in [1.82, 2.24) is 4.90 Å². The predicted octanol–water partition coefficient (Wildman–Crippen LogP) is 7.68. The number of furan rings is 1. The second-order valence-corrected chi connectivity index (χ2v) is 11.4. The molecule has 1 saturated heterocycles. The fraction of sp³-hybridized carbons (Fsp3) is 0.481. The van der Waals surface area contributed by atoms with Crippen LogP contribution in [0.5, 0.6) is 0 Å². The van der Waals surface area contributed by atoms with Crippen LogP contribution in [-0.4, -0.2) is 28.1 Å². The monoisotopic (exact) mass is 480 g/mol. The summed E-state index contributed by atoms with van der Waals surface area (Å²) in [6.07, 6.45) is 13.9. The normalized spacial score (nSPS) is 23.2. The Labute approximate surface area is 205 Å². The van der Waals surface area contributed by atoms with Crippen LogP contribution in [0.25, 0.3) is 6.08 Å². The Morgan fingerprint density at radius 2 is 1.67 bits per heavy atom. The molecular formula is C27H32N2O2S2. The summed E-state index contributed by atoms with van der Waals surface area (Å²) in [6, 6.07) is 13.0. The molecule has 2 saturated carbocycles. The molecule has 3 fully saturated rings. The van der Waals surface area contributed by atoms with Gasteiger partial charge in [0.15, 0.2) is 10.3 Å². The van der Waals surface area contributed by atoms with E-state index in [1.165, 1.54) is 44.1 Å². The van der Waals surface area contributed by atoms with Gasteiger partial charge in [-0.2, -0.15) is 0 Å². The van der Waals surface area contributed by atoms with Crippen molar-refractivity contribution in [3.8, 4) is 0 Å². The number of rotatable bonds is 5. The Kier molecular flexibility index (Phi) is 7.31. The number of benzene rings is 1. The fourth-order valence-electron chi connectivity index (χ4n) is 4.92. The number of carbonyl (C=O) groups excluding carboxylic acids is 1. The third-order valence-corrected chi connectivity index (χ3v) is 8.68. The Hall–Kier alpha value is -1.92. The summed E-state index contributed by atoms with van der Waals surface area (Å²) in [5.41, 5.74) is 1.24. The Morgan fingerprint density at radius 1 is 0.970 bits per heavy atom. The minimum Gasteiger partial charge on any atom is -0.450 e. The van der Waals surface area contributed by atoms with Crippen molar-refractivity contribution in [3.63, 3.8) is 0 Å². The van der Waals surface area contributed by atoms with Crippen LogP contribution in [0.4, 0.5) is 0 Å². The lowest BCUT2D eigenvalue weighted by molar-refractivity contribution is -0.124.